The number of unbranched alkanes of at least 4 members (excludes halogenated alkanes) is 3. The topological polar surface area (TPSA) is 64.9 Å². The minimum atomic E-state index is -0.0826. The van der Waals surface area contributed by atoms with Crippen molar-refractivity contribution in [2.75, 3.05) is 6.54 Å². The number of fused-ring (bicyclic) bond motifs is 5. The summed E-state index contributed by atoms with van der Waals surface area (Å²) in [5.74, 6) is 4.05. The summed E-state index contributed by atoms with van der Waals surface area (Å²) in [6, 6.07) is 0. The first-order chi connectivity index (χ1) is 13.4. The number of rotatable bonds is 6. The maximum atomic E-state index is 12.6. The molecule has 4 saturated carbocycles. The average molecular weight is 426 g/mol. The lowest BCUT2D eigenvalue weighted by molar-refractivity contribution is -0.368. The molecule has 0 radical (unpaired) electrons. The molecule has 0 spiro atoms. The minimum absolute atomic E-state index is 0. The summed E-state index contributed by atoms with van der Waals surface area (Å²) >= 11 is 0. The lowest BCUT2D eigenvalue weighted by Crippen LogP contribution is -3.00. The summed E-state index contributed by atoms with van der Waals surface area (Å²) in [4.78, 5) is 12.6. The molecule has 0 aromatic heterocycles. The van der Waals surface area contributed by atoms with E-state index in [9.17, 15) is 9.90 Å². The number of hydrogen-bond acceptors (Lipinski definition) is 2. The number of hydrogen-bond donors (Lipinski definition) is 2. The molecule has 3 nitrogen and oxygen atoms in total. The lowest BCUT2D eigenvalue weighted by Gasteiger charge is -2.62. The minimum Gasteiger partial charge on any atom is -1.00 e. The number of carbonyl (C=O) groups excluding carboxylic acids is 1. The molecular formula is C25H44ClNO2. The Balaban J connectivity index is 0.00000240. The molecule has 0 heterocycles. The van der Waals surface area contributed by atoms with Crippen LogP contribution < -0.4 is 18.1 Å². The average Bonchev–Trinajstić information content (AvgIpc) is 2.97. The molecular weight excluding hydrogens is 382 g/mol. The number of aliphatic hydroxyl groups excluding tert-OH is 1. The van der Waals surface area contributed by atoms with Crippen molar-refractivity contribution in [2.24, 2.45) is 40.4 Å². The second-order valence-electron chi connectivity index (χ2n) is 11.4. The highest BCUT2D eigenvalue weighted by atomic mass is 35.5. The molecule has 8 atom stereocenters. The zero-order valence-electron chi connectivity index (χ0n) is 18.8. The Morgan fingerprint density at radius 2 is 1.72 bits per heavy atom. The van der Waals surface area contributed by atoms with E-state index in [4.69, 9.17) is 0 Å². The molecule has 0 aromatic rings. The largest absolute Gasteiger partial charge is 1.00 e. The summed E-state index contributed by atoms with van der Waals surface area (Å²) in [7, 11) is 0. The van der Waals surface area contributed by atoms with Crippen LogP contribution in [-0.4, -0.2) is 23.5 Å². The Bertz CT molecular complexity index is 583. The van der Waals surface area contributed by atoms with Crippen LogP contribution in [0.15, 0.2) is 0 Å². The van der Waals surface area contributed by atoms with Crippen LogP contribution in [0.1, 0.15) is 97.3 Å². The zero-order valence-corrected chi connectivity index (χ0v) is 19.6. The van der Waals surface area contributed by atoms with Gasteiger partial charge in [0, 0.05) is 12.8 Å². The number of carbonyl (C=O) groups is 1. The third-order valence-corrected chi connectivity index (χ3v) is 10.3. The van der Waals surface area contributed by atoms with Gasteiger partial charge in [-0.3, -0.25) is 4.79 Å². The van der Waals surface area contributed by atoms with Crippen molar-refractivity contribution in [3.05, 3.63) is 0 Å². The Kier molecular flexibility index (Phi) is 7.44. The molecule has 0 saturated heterocycles. The number of halogens is 1. The fraction of sp³-hybridized carbons (Fsp3) is 0.960. The van der Waals surface area contributed by atoms with Gasteiger partial charge in [-0.25, -0.2) is 0 Å². The van der Waals surface area contributed by atoms with Gasteiger partial charge in [0.25, 0.3) is 0 Å². The van der Waals surface area contributed by atoms with Gasteiger partial charge in [-0.2, -0.15) is 0 Å². The Morgan fingerprint density at radius 1 is 0.966 bits per heavy atom. The first kappa shape index (κ1) is 23.5. The maximum absolute atomic E-state index is 12.6. The van der Waals surface area contributed by atoms with Crippen LogP contribution in [0.3, 0.4) is 0 Å². The monoisotopic (exact) mass is 425 g/mol. The highest BCUT2D eigenvalue weighted by Gasteiger charge is 2.61. The van der Waals surface area contributed by atoms with Crippen LogP contribution in [0.4, 0.5) is 0 Å². The van der Waals surface area contributed by atoms with E-state index in [0.29, 0.717) is 29.0 Å². The van der Waals surface area contributed by atoms with E-state index < -0.39 is 0 Å². The van der Waals surface area contributed by atoms with Crippen molar-refractivity contribution in [3.63, 3.8) is 0 Å². The molecule has 4 aliphatic carbocycles. The van der Waals surface area contributed by atoms with Crippen LogP contribution in [0, 0.1) is 40.4 Å². The summed E-state index contributed by atoms with van der Waals surface area (Å²) in [6.45, 7) is 6.03. The summed E-state index contributed by atoms with van der Waals surface area (Å²) in [6.07, 6.45) is 15.3. The van der Waals surface area contributed by atoms with Crippen molar-refractivity contribution < 1.29 is 28.0 Å². The van der Waals surface area contributed by atoms with Gasteiger partial charge in [0.2, 0.25) is 0 Å². The second-order valence-corrected chi connectivity index (χ2v) is 11.4. The Morgan fingerprint density at radius 3 is 2.48 bits per heavy atom. The molecule has 4 aliphatic rings. The van der Waals surface area contributed by atoms with Crippen molar-refractivity contribution in [1.82, 2.24) is 0 Å². The lowest BCUT2D eigenvalue weighted by atomic mass is 9.42. The van der Waals surface area contributed by atoms with E-state index >= 15 is 0 Å². The molecule has 29 heavy (non-hydrogen) atoms. The molecule has 168 valence electrons. The SMILES string of the molecule is C[C@]12CC[C@H]3[C@@H](CC[C@H]4CC(=O)C[C@H](CCCCCC[NH3+])[C@@]43C)[C@@H]1CC[C@@H]2O.[Cl-]. The van der Waals surface area contributed by atoms with Crippen molar-refractivity contribution in [1.29, 1.82) is 0 Å². The van der Waals surface area contributed by atoms with Crippen LogP contribution in [0.2, 0.25) is 0 Å². The highest BCUT2D eigenvalue weighted by Crippen LogP contribution is 2.67. The number of Topliss-reactive ketones (excluding diaryl/α,β-unsaturated/α-hetero) is 1. The summed E-state index contributed by atoms with van der Waals surface area (Å²) in [5, 5.41) is 10.7. The molecule has 0 bridgehead atoms. The summed E-state index contributed by atoms with van der Waals surface area (Å²) < 4.78 is 0. The zero-order chi connectivity index (χ0) is 19.9. The van der Waals surface area contributed by atoms with Crippen LogP contribution >= 0.6 is 0 Å². The molecule has 4 heteroatoms. The highest BCUT2D eigenvalue weighted by molar-refractivity contribution is 5.80. The summed E-state index contributed by atoms with van der Waals surface area (Å²) in [5.41, 5.74) is 4.49. The molecule has 0 amide bonds. The normalized spacial score (nSPS) is 46.4. The molecule has 4 rings (SSSR count). The van der Waals surface area contributed by atoms with Gasteiger partial charge in [-0.05, 0) is 98.2 Å². The van der Waals surface area contributed by atoms with E-state index in [-0.39, 0.29) is 23.9 Å². The number of ketones is 1. The third-order valence-electron chi connectivity index (χ3n) is 10.3. The van der Waals surface area contributed by atoms with E-state index in [1.54, 1.807) is 0 Å². The van der Waals surface area contributed by atoms with Crippen LogP contribution in [0.25, 0.3) is 0 Å². The predicted molar refractivity (Wildman–Crippen MR) is 112 cm³/mol. The van der Waals surface area contributed by atoms with Gasteiger partial charge in [-0.15, -0.1) is 0 Å². The first-order valence-electron chi connectivity index (χ1n) is 12.4. The van der Waals surface area contributed by atoms with Gasteiger partial charge >= 0.3 is 0 Å². The smallest absolute Gasteiger partial charge is 0.133 e. The van der Waals surface area contributed by atoms with Gasteiger partial charge in [-0.1, -0.05) is 26.7 Å². The Labute approximate surface area is 184 Å². The van der Waals surface area contributed by atoms with Crippen molar-refractivity contribution >= 4 is 5.78 Å². The van der Waals surface area contributed by atoms with Crippen LogP contribution in [-0.2, 0) is 4.79 Å². The van der Waals surface area contributed by atoms with Crippen molar-refractivity contribution in [3.8, 4) is 0 Å². The molecule has 0 aromatic carbocycles. The number of aliphatic hydroxyl groups is 1. The molecule has 0 aliphatic heterocycles. The molecule has 0 unspecified atom stereocenters. The maximum Gasteiger partial charge on any atom is 0.133 e. The third kappa shape index (κ3) is 3.94. The van der Waals surface area contributed by atoms with E-state index in [1.165, 1.54) is 64.2 Å². The standard InChI is InChI=1S/C25H43NO2.ClH/c1-24-13-12-22-20(21(24)10-11-23(24)28)9-8-18-16-19(27)15-17(25(18,22)2)7-5-3-4-6-14-26;/h17-18,20-23,28H,3-16,26H2,1-2H3;1H/t17-,18-,20-,21-,22-,23-,24-,25-;/m0./s1. The van der Waals surface area contributed by atoms with E-state index in [1.807, 2.05) is 0 Å². The van der Waals surface area contributed by atoms with Gasteiger partial charge in [0.05, 0.1) is 12.6 Å². The van der Waals surface area contributed by atoms with Gasteiger partial charge in [0.15, 0.2) is 0 Å². The number of quaternary nitrogens is 1. The molecule has 4 fully saturated rings. The quantitative estimate of drug-likeness (QED) is 0.631. The fourth-order valence-corrected chi connectivity index (χ4v) is 8.59. The first-order valence-corrected chi connectivity index (χ1v) is 12.4. The molecule has 4 N–H and O–H groups in total. The van der Waals surface area contributed by atoms with E-state index in [2.05, 4.69) is 19.6 Å². The van der Waals surface area contributed by atoms with Crippen molar-refractivity contribution in [2.45, 2.75) is 103 Å². The van der Waals surface area contributed by atoms with Gasteiger partial charge < -0.3 is 23.2 Å². The van der Waals surface area contributed by atoms with Gasteiger partial charge in [0.1, 0.15) is 5.78 Å². The second kappa shape index (κ2) is 9.17. The van der Waals surface area contributed by atoms with Crippen LogP contribution in [0.5, 0.6) is 0 Å². The fourth-order valence-electron chi connectivity index (χ4n) is 8.59. The predicted octanol–water partition coefficient (Wildman–Crippen LogP) is 1.38. The van der Waals surface area contributed by atoms with E-state index in [0.717, 1.165) is 37.6 Å². The Hall–Kier alpha value is -0.120.